The molecule has 0 aliphatic rings. The number of hydroxylamine groups is 2. The number of unbranched alkanes of at least 4 members (excludes halogenated alkanes) is 2. The number of anilines is 2. The fraction of sp³-hybridized carbons (Fsp3) is 0.838. The van der Waals surface area contributed by atoms with Crippen molar-refractivity contribution in [2.45, 2.75) is 45.4 Å². The van der Waals surface area contributed by atoms with E-state index in [0.717, 1.165) is 65.1 Å². The van der Waals surface area contributed by atoms with Crippen LogP contribution in [-0.2, 0) is 171 Å². The minimum absolute atomic E-state index is 0.00131. The van der Waals surface area contributed by atoms with Gasteiger partial charge in [-0.05, 0) is 98.2 Å². The number of hydrogen-bond acceptors (Lipinski definition) is 43. The van der Waals surface area contributed by atoms with Gasteiger partial charge in [0.15, 0.2) is 0 Å². The Labute approximate surface area is 843 Å². The minimum atomic E-state index is -0.278. The quantitative estimate of drug-likeness (QED) is 0.0441. The van der Waals surface area contributed by atoms with Crippen molar-refractivity contribution in [3.8, 4) is 0 Å². The standard InChI is InChI=1S/C99H180N2O41/c1-92-90-94(100(13-24-110-34-44-120-54-62-126-66-70-130-74-78-134-80-76-132-72-68-128-64-58-124-48-38-114-28-17-104)141-88-86-138-84-82-136-60-52-118-42-32-108-21-5-3-19-106-30-40-116-50-56-122-46-36-112-26-15-102)9-11-96(92)99(98-8-7-23-140-98)97-12-10-95(91-93(97)2)101(14-25-111-35-45-121-55-63-127-67-71-131-75-79-135-81-77-133-73-69-129-65-59-125-49-39-115-29-18-105)142-89-87-139-85-83-137-61-53-119-43-33-109-22-6-4-20-107-31-41-117-51-57-123-47-37-113-27-16-103/h7-12,23,90-91,99,102-105H,3-6,13-22,24-89H2,1-2H3. The number of benzene rings is 2. The molecule has 0 bridgehead atoms. The summed E-state index contributed by atoms with van der Waals surface area (Å²) in [7, 11) is 0. The lowest BCUT2D eigenvalue weighted by molar-refractivity contribution is -0.0261. The highest BCUT2D eigenvalue weighted by atomic mass is 16.7. The van der Waals surface area contributed by atoms with Crippen molar-refractivity contribution >= 4 is 11.4 Å². The van der Waals surface area contributed by atoms with Crippen molar-refractivity contribution in [3.05, 3.63) is 82.8 Å². The highest BCUT2D eigenvalue weighted by Gasteiger charge is 2.26. The van der Waals surface area contributed by atoms with Gasteiger partial charge in [-0.15, -0.1) is 0 Å². The molecule has 0 aliphatic heterocycles. The zero-order valence-corrected chi connectivity index (χ0v) is 85.6. The second-order valence-electron chi connectivity index (χ2n) is 30.5. The summed E-state index contributed by atoms with van der Waals surface area (Å²) < 4.78 is 197. The lowest BCUT2D eigenvalue weighted by Crippen LogP contribution is -2.30. The summed E-state index contributed by atoms with van der Waals surface area (Å²) in [6.07, 6.45) is 5.25. The first-order valence-electron chi connectivity index (χ1n) is 50.7. The van der Waals surface area contributed by atoms with Gasteiger partial charge in [-0.3, -0.25) is 19.8 Å². The van der Waals surface area contributed by atoms with Gasteiger partial charge in [0.25, 0.3) is 0 Å². The molecule has 0 saturated carbocycles. The van der Waals surface area contributed by atoms with Crippen molar-refractivity contribution in [3.63, 3.8) is 0 Å². The molecule has 142 heavy (non-hydrogen) atoms. The Morgan fingerprint density at radius 3 is 0.521 bits per heavy atom. The molecular formula is C99H180N2O41. The van der Waals surface area contributed by atoms with Crippen LogP contribution in [0.1, 0.15) is 59.6 Å². The minimum Gasteiger partial charge on any atom is -0.468 e. The second-order valence-corrected chi connectivity index (χ2v) is 30.5. The Morgan fingerprint density at radius 1 is 0.197 bits per heavy atom. The molecule has 3 rings (SSSR count). The Balaban J connectivity index is 1.51. The SMILES string of the molecule is Cc1cc(N(CCOCCOCCOCCOCCOCCOCCOCCOCCOCCO)OCCOCCOCCOCCOCCCCOCCOCCOCCOCCO)ccc1C(c1ccco1)c1ccc(N(CCOCCOCCOCCOCCOCCOCCOCCOCCOCCO)OCCOCCOCCOCCOCCCCOCCOCCOCCOCCO)cc1C. The molecule has 0 spiro atoms. The van der Waals surface area contributed by atoms with Crippen LogP contribution in [-0.4, -0.2) is 522 Å². The highest BCUT2D eigenvalue weighted by molar-refractivity contribution is 5.57. The van der Waals surface area contributed by atoms with Gasteiger partial charge in [0.1, 0.15) is 5.76 Å². The molecule has 0 amide bonds. The van der Waals surface area contributed by atoms with Gasteiger partial charge in [-0.2, -0.15) is 0 Å². The average Bonchev–Trinajstić information content (AvgIpc) is 1.24. The third kappa shape index (κ3) is 86.5. The summed E-state index contributed by atoms with van der Waals surface area (Å²) in [4.78, 5) is 12.9. The molecule has 3 aromatic rings. The first-order valence-corrected chi connectivity index (χ1v) is 50.7. The second kappa shape index (κ2) is 109. The van der Waals surface area contributed by atoms with E-state index in [1.54, 1.807) is 6.26 Å². The van der Waals surface area contributed by atoms with Crippen molar-refractivity contribution in [2.75, 3.05) is 512 Å². The van der Waals surface area contributed by atoms with Gasteiger partial charge in [0.2, 0.25) is 0 Å². The number of aliphatic hydroxyl groups excluding tert-OH is 4. The fourth-order valence-electron chi connectivity index (χ4n) is 12.3. The zero-order chi connectivity index (χ0) is 101. The van der Waals surface area contributed by atoms with Crippen LogP contribution in [0.25, 0.3) is 0 Å². The lowest BCUT2D eigenvalue weighted by atomic mass is 9.84. The molecule has 43 nitrogen and oxygen atoms in total. The molecule has 0 radical (unpaired) electrons. The van der Waals surface area contributed by atoms with Crippen molar-refractivity contribution in [1.29, 1.82) is 0 Å². The molecule has 1 aromatic heterocycles. The molecule has 4 N–H and O–H groups in total. The number of ether oxygens (including phenoxy) is 34. The average molecular weight is 2050 g/mol. The lowest BCUT2D eigenvalue weighted by Gasteiger charge is -2.27. The Morgan fingerprint density at radius 2 is 0.359 bits per heavy atom. The Hall–Kier alpha value is -4.28. The molecule has 1 heterocycles. The number of aryl methyl sites for hydroxylation is 2. The van der Waals surface area contributed by atoms with Crippen LogP contribution >= 0.6 is 0 Å². The van der Waals surface area contributed by atoms with E-state index in [1.165, 1.54) is 0 Å². The molecule has 0 saturated heterocycles. The summed E-state index contributed by atoms with van der Waals surface area (Å²) in [5.74, 6) is 0.502. The van der Waals surface area contributed by atoms with Gasteiger partial charge in [0, 0.05) is 26.4 Å². The first kappa shape index (κ1) is 132. The van der Waals surface area contributed by atoms with Crippen molar-refractivity contribution in [1.82, 2.24) is 0 Å². The summed E-state index contributed by atoms with van der Waals surface area (Å²) in [6.45, 7) is 35.7. The van der Waals surface area contributed by atoms with E-state index < -0.39 is 0 Å². The fourth-order valence-corrected chi connectivity index (χ4v) is 12.3. The molecule has 832 valence electrons. The number of rotatable bonds is 121. The normalized spacial score (nSPS) is 11.8. The summed E-state index contributed by atoms with van der Waals surface area (Å²) in [6, 6.07) is 16.5. The van der Waals surface area contributed by atoms with Crippen LogP contribution in [0.15, 0.2) is 59.2 Å². The summed E-state index contributed by atoms with van der Waals surface area (Å²) in [5, 5.41) is 38.6. The predicted octanol–water partition coefficient (Wildman–Crippen LogP) is 4.65. The van der Waals surface area contributed by atoms with Crippen molar-refractivity contribution in [2.24, 2.45) is 0 Å². The van der Waals surface area contributed by atoms with Crippen LogP contribution in [0.5, 0.6) is 0 Å². The summed E-state index contributed by atoms with van der Waals surface area (Å²) >= 11 is 0. The maximum absolute atomic E-state index is 8.74. The Kier molecular flexibility index (Phi) is 102. The number of aliphatic hydroxyl groups is 4. The molecule has 0 fully saturated rings. The maximum atomic E-state index is 8.74. The summed E-state index contributed by atoms with van der Waals surface area (Å²) in [5.41, 5.74) is 5.79. The molecule has 0 unspecified atom stereocenters. The van der Waals surface area contributed by atoms with E-state index in [-0.39, 0.29) is 45.6 Å². The topological polar surface area (TPSA) is 433 Å². The molecule has 0 aliphatic carbocycles. The van der Waals surface area contributed by atoms with E-state index >= 15 is 0 Å². The number of nitrogens with zero attached hydrogens (tertiary/aromatic N) is 2. The molecule has 43 heteroatoms. The number of hydrogen-bond donors (Lipinski definition) is 4. The third-order valence-electron chi connectivity index (χ3n) is 19.4. The highest BCUT2D eigenvalue weighted by Crippen LogP contribution is 2.38. The van der Waals surface area contributed by atoms with E-state index in [0.29, 0.717) is 462 Å². The van der Waals surface area contributed by atoms with Crippen LogP contribution in [0.3, 0.4) is 0 Å². The van der Waals surface area contributed by atoms with Gasteiger partial charge >= 0.3 is 0 Å². The van der Waals surface area contributed by atoms with Crippen molar-refractivity contribution < 1.29 is 196 Å². The maximum Gasteiger partial charge on any atom is 0.115 e. The van der Waals surface area contributed by atoms with Crippen LogP contribution in [0.4, 0.5) is 11.4 Å². The van der Waals surface area contributed by atoms with E-state index in [9.17, 15) is 0 Å². The smallest absolute Gasteiger partial charge is 0.115 e. The van der Waals surface area contributed by atoms with Gasteiger partial charge in [0.05, 0.1) is 499 Å². The Bertz CT molecular complexity index is 2670. The van der Waals surface area contributed by atoms with Gasteiger partial charge in [-0.1, -0.05) is 12.1 Å². The van der Waals surface area contributed by atoms with Gasteiger partial charge < -0.3 is 186 Å². The third-order valence-corrected chi connectivity index (χ3v) is 19.4. The first-order chi connectivity index (χ1) is 70.5. The van der Waals surface area contributed by atoms with E-state index in [2.05, 4.69) is 50.2 Å². The number of furan rings is 1. The van der Waals surface area contributed by atoms with Crippen LogP contribution in [0.2, 0.25) is 0 Å². The van der Waals surface area contributed by atoms with E-state index in [1.807, 2.05) is 22.3 Å². The molecule has 2 aromatic carbocycles. The molecule has 0 atom stereocenters. The monoisotopic (exact) mass is 2050 g/mol. The van der Waals surface area contributed by atoms with E-state index in [4.69, 9.17) is 196 Å². The zero-order valence-electron chi connectivity index (χ0n) is 85.6. The predicted molar refractivity (Wildman–Crippen MR) is 523 cm³/mol. The van der Waals surface area contributed by atoms with Gasteiger partial charge in [-0.25, -0.2) is 0 Å². The van der Waals surface area contributed by atoms with Crippen LogP contribution < -0.4 is 10.1 Å². The molecular weight excluding hydrogens is 1870 g/mol. The van der Waals surface area contributed by atoms with Crippen LogP contribution in [0, 0.1) is 13.8 Å². The largest absolute Gasteiger partial charge is 0.468 e.